The second kappa shape index (κ2) is 7.34. The van der Waals surface area contributed by atoms with E-state index in [9.17, 15) is 9.59 Å². The third-order valence-corrected chi connectivity index (χ3v) is 3.87. The van der Waals surface area contributed by atoms with E-state index in [2.05, 4.69) is 0 Å². The number of hydrogen-bond donors (Lipinski definition) is 0. The van der Waals surface area contributed by atoms with Crippen LogP contribution in [-0.4, -0.2) is 54.5 Å². The minimum atomic E-state index is -0.508. The number of hydrogen-bond acceptors (Lipinski definition) is 5. The van der Waals surface area contributed by atoms with E-state index in [1.54, 1.807) is 6.92 Å². The van der Waals surface area contributed by atoms with E-state index in [0.717, 1.165) is 12.8 Å². The Kier molecular flexibility index (Phi) is 5.68. The second-order valence-corrected chi connectivity index (χ2v) is 7.01. The number of esters is 1. The normalized spacial score (nSPS) is 24.2. The monoisotopic (exact) mass is 325 g/mol. The van der Waals surface area contributed by atoms with Gasteiger partial charge in [0.2, 0.25) is 0 Å². The Morgan fingerprint density at radius 2 is 1.87 bits per heavy atom. The van der Waals surface area contributed by atoms with Gasteiger partial charge in [-0.2, -0.15) is 0 Å². The molecule has 0 saturated carbocycles. The van der Waals surface area contributed by atoms with Crippen LogP contribution in [0.25, 0.3) is 0 Å². The van der Waals surface area contributed by atoms with Crippen molar-refractivity contribution in [1.29, 1.82) is 0 Å². The molecule has 0 aromatic carbocycles. The third kappa shape index (κ3) is 4.96. The van der Waals surface area contributed by atoms with Crippen molar-refractivity contribution < 1.29 is 23.8 Å². The quantitative estimate of drug-likeness (QED) is 0.589. The minimum absolute atomic E-state index is 0.0224. The molecule has 0 aliphatic carbocycles. The zero-order valence-electron chi connectivity index (χ0n) is 14.5. The first-order chi connectivity index (χ1) is 10.8. The number of morpholine rings is 1. The molecule has 2 aliphatic rings. The number of carbonyl (C=O) groups excluding carboxylic acids is 2. The van der Waals surface area contributed by atoms with Gasteiger partial charge in [0.15, 0.2) is 0 Å². The molecule has 130 valence electrons. The van der Waals surface area contributed by atoms with E-state index in [-0.39, 0.29) is 30.6 Å². The molecule has 1 amide bonds. The highest BCUT2D eigenvalue weighted by molar-refractivity contribution is 5.71. The van der Waals surface area contributed by atoms with Crippen LogP contribution in [0.3, 0.4) is 0 Å². The number of nitrogens with zero attached hydrogens (tertiary/aromatic N) is 1. The first-order valence-electron chi connectivity index (χ1n) is 8.22. The van der Waals surface area contributed by atoms with Crippen molar-refractivity contribution in [3.63, 3.8) is 0 Å². The molecule has 2 saturated heterocycles. The van der Waals surface area contributed by atoms with Gasteiger partial charge >= 0.3 is 12.1 Å². The van der Waals surface area contributed by atoms with Gasteiger partial charge in [0.1, 0.15) is 5.60 Å². The van der Waals surface area contributed by atoms with Crippen molar-refractivity contribution in [1.82, 2.24) is 4.90 Å². The van der Waals surface area contributed by atoms with Crippen LogP contribution >= 0.6 is 0 Å². The van der Waals surface area contributed by atoms with Crippen LogP contribution in [0.2, 0.25) is 0 Å². The predicted octanol–water partition coefficient (Wildman–Crippen LogP) is 2.66. The van der Waals surface area contributed by atoms with Crippen molar-refractivity contribution in [3.05, 3.63) is 11.6 Å². The number of fused-ring (bicyclic) bond motifs is 2. The summed E-state index contributed by atoms with van der Waals surface area (Å²) in [4.78, 5) is 25.7. The van der Waals surface area contributed by atoms with Crippen LogP contribution in [0.15, 0.2) is 11.6 Å². The van der Waals surface area contributed by atoms with Gasteiger partial charge in [-0.15, -0.1) is 0 Å². The van der Waals surface area contributed by atoms with Crippen LogP contribution < -0.4 is 0 Å². The SMILES string of the molecule is CCOC(=O)CC=C1CC2COCC(C1)N2C(=O)OC(C)(C)C. The molecule has 6 heteroatoms. The predicted molar refractivity (Wildman–Crippen MR) is 85.0 cm³/mol. The van der Waals surface area contributed by atoms with Crippen LogP contribution in [0.1, 0.15) is 47.0 Å². The molecule has 2 rings (SSSR count). The largest absolute Gasteiger partial charge is 0.466 e. The van der Waals surface area contributed by atoms with Crippen LogP contribution in [0.5, 0.6) is 0 Å². The summed E-state index contributed by atoms with van der Waals surface area (Å²) < 4.78 is 16.1. The van der Waals surface area contributed by atoms with Crippen LogP contribution in [-0.2, 0) is 19.0 Å². The molecule has 0 spiro atoms. The summed E-state index contributed by atoms with van der Waals surface area (Å²) in [5, 5.41) is 0. The number of carbonyl (C=O) groups is 2. The maximum atomic E-state index is 12.4. The highest BCUT2D eigenvalue weighted by Crippen LogP contribution is 2.32. The zero-order valence-corrected chi connectivity index (χ0v) is 14.5. The number of ether oxygens (including phenoxy) is 3. The lowest BCUT2D eigenvalue weighted by Crippen LogP contribution is -2.58. The van der Waals surface area contributed by atoms with Crippen molar-refractivity contribution in [2.45, 2.75) is 64.6 Å². The number of piperidine rings is 1. The maximum Gasteiger partial charge on any atom is 0.410 e. The first-order valence-corrected chi connectivity index (χ1v) is 8.22. The molecule has 0 radical (unpaired) electrons. The van der Waals surface area contributed by atoms with E-state index in [1.807, 2.05) is 31.7 Å². The van der Waals surface area contributed by atoms with Crippen LogP contribution in [0.4, 0.5) is 4.79 Å². The standard InChI is InChI=1S/C17H27NO5/c1-5-22-15(19)7-6-12-8-13-10-21-11-14(9-12)18(13)16(20)23-17(2,3)4/h6,13-14H,5,7-11H2,1-4H3. The van der Waals surface area contributed by atoms with Crippen molar-refractivity contribution >= 4 is 12.1 Å². The van der Waals surface area contributed by atoms with Gasteiger partial charge in [-0.3, -0.25) is 9.69 Å². The summed E-state index contributed by atoms with van der Waals surface area (Å²) >= 11 is 0. The van der Waals surface area contributed by atoms with Gasteiger partial charge < -0.3 is 14.2 Å². The summed E-state index contributed by atoms with van der Waals surface area (Å²) in [5.74, 6) is -0.212. The molecule has 2 aliphatic heterocycles. The van der Waals surface area contributed by atoms with Gasteiger partial charge in [0.25, 0.3) is 0 Å². The van der Waals surface area contributed by atoms with E-state index in [1.165, 1.54) is 5.57 Å². The molecule has 0 aromatic rings. The Balaban J connectivity index is 2.01. The Morgan fingerprint density at radius 3 is 2.39 bits per heavy atom. The average Bonchev–Trinajstić information content (AvgIpc) is 2.42. The lowest BCUT2D eigenvalue weighted by molar-refractivity contribution is -0.142. The van der Waals surface area contributed by atoms with Crippen molar-refractivity contribution in [3.8, 4) is 0 Å². The summed E-state index contributed by atoms with van der Waals surface area (Å²) in [6.45, 7) is 8.81. The molecule has 23 heavy (non-hydrogen) atoms. The molecular formula is C17H27NO5. The summed E-state index contributed by atoms with van der Waals surface area (Å²) in [6.07, 6.45) is 3.39. The average molecular weight is 325 g/mol. The van der Waals surface area contributed by atoms with Gasteiger partial charge in [0, 0.05) is 0 Å². The fourth-order valence-corrected chi connectivity index (χ4v) is 3.03. The Morgan fingerprint density at radius 1 is 1.26 bits per heavy atom. The molecule has 2 fully saturated rings. The fourth-order valence-electron chi connectivity index (χ4n) is 3.03. The van der Waals surface area contributed by atoms with Crippen molar-refractivity contribution in [2.24, 2.45) is 0 Å². The highest BCUT2D eigenvalue weighted by Gasteiger charge is 2.41. The minimum Gasteiger partial charge on any atom is -0.466 e. The highest BCUT2D eigenvalue weighted by atomic mass is 16.6. The molecule has 2 bridgehead atoms. The van der Waals surface area contributed by atoms with Crippen molar-refractivity contribution in [2.75, 3.05) is 19.8 Å². The lowest BCUT2D eigenvalue weighted by Gasteiger charge is -2.46. The molecule has 0 aromatic heterocycles. The molecule has 2 atom stereocenters. The number of amides is 1. The van der Waals surface area contributed by atoms with Gasteiger partial charge in [-0.05, 0) is 40.5 Å². The molecular weight excluding hydrogens is 298 g/mol. The molecule has 2 heterocycles. The summed E-state index contributed by atoms with van der Waals surface area (Å²) in [7, 11) is 0. The van der Waals surface area contributed by atoms with Crippen LogP contribution in [0, 0.1) is 0 Å². The Labute approximate surface area is 137 Å². The van der Waals surface area contributed by atoms with Gasteiger partial charge in [0.05, 0.1) is 38.3 Å². The first kappa shape index (κ1) is 17.8. The zero-order chi connectivity index (χ0) is 17.0. The Bertz CT molecular complexity index is 464. The fraction of sp³-hybridized carbons (Fsp3) is 0.765. The molecule has 0 N–H and O–H groups in total. The second-order valence-electron chi connectivity index (χ2n) is 7.01. The van der Waals surface area contributed by atoms with E-state index in [4.69, 9.17) is 14.2 Å². The summed E-state index contributed by atoms with van der Waals surface area (Å²) in [6, 6.07) is -0.0448. The molecule has 6 nitrogen and oxygen atoms in total. The van der Waals surface area contributed by atoms with Gasteiger partial charge in [-0.1, -0.05) is 11.6 Å². The third-order valence-electron chi connectivity index (χ3n) is 3.87. The van der Waals surface area contributed by atoms with E-state index in [0.29, 0.717) is 19.8 Å². The maximum absolute atomic E-state index is 12.4. The van der Waals surface area contributed by atoms with E-state index < -0.39 is 5.60 Å². The Hall–Kier alpha value is -1.56. The molecule has 2 unspecified atom stereocenters. The summed E-state index contributed by atoms with van der Waals surface area (Å²) in [5.41, 5.74) is 0.683. The van der Waals surface area contributed by atoms with E-state index >= 15 is 0 Å². The lowest BCUT2D eigenvalue weighted by atomic mass is 9.89. The van der Waals surface area contributed by atoms with Gasteiger partial charge in [-0.25, -0.2) is 4.79 Å². The smallest absolute Gasteiger partial charge is 0.410 e. The topological polar surface area (TPSA) is 65.1 Å². The number of rotatable bonds is 3.